The maximum atomic E-state index is 12.6. The fourth-order valence-corrected chi connectivity index (χ4v) is 2.91. The van der Waals surface area contributed by atoms with Crippen LogP contribution in [0.4, 0.5) is 5.69 Å². The molecule has 1 amide bonds. The van der Waals surface area contributed by atoms with E-state index in [0.29, 0.717) is 11.3 Å². The number of furan rings is 1. The minimum atomic E-state index is -0.669. The first-order valence-electron chi connectivity index (χ1n) is 9.36. The Balaban J connectivity index is 1.83. The Bertz CT molecular complexity index is 1170. The molecule has 3 rings (SSSR count). The molecule has 0 atom stereocenters. The number of hydrogen-bond acceptors (Lipinski definition) is 6. The summed E-state index contributed by atoms with van der Waals surface area (Å²) >= 11 is 0. The van der Waals surface area contributed by atoms with Crippen molar-refractivity contribution in [3.63, 3.8) is 0 Å². The molecule has 1 aromatic heterocycles. The predicted molar refractivity (Wildman–Crippen MR) is 115 cm³/mol. The van der Waals surface area contributed by atoms with Gasteiger partial charge in [-0.3, -0.25) is 4.79 Å². The van der Waals surface area contributed by atoms with Gasteiger partial charge in [-0.15, -0.1) is 0 Å². The minimum Gasteiger partial charge on any atom is -0.493 e. The number of esters is 1. The third-order valence-corrected chi connectivity index (χ3v) is 4.51. The van der Waals surface area contributed by atoms with Crippen LogP contribution < -0.4 is 14.8 Å². The zero-order valence-corrected chi connectivity index (χ0v) is 17.3. The van der Waals surface area contributed by atoms with Crippen LogP contribution in [0, 0.1) is 25.2 Å². The Morgan fingerprint density at radius 1 is 1.06 bits per heavy atom. The number of rotatable bonds is 6. The van der Waals surface area contributed by atoms with Crippen LogP contribution in [0.25, 0.3) is 6.08 Å². The average molecular weight is 416 g/mol. The van der Waals surface area contributed by atoms with Crippen LogP contribution in [0.15, 0.2) is 64.8 Å². The fraction of sp³-hybridized carbons (Fsp3) is 0.125. The highest BCUT2D eigenvalue weighted by molar-refractivity contribution is 6.10. The van der Waals surface area contributed by atoms with Crippen molar-refractivity contribution >= 4 is 23.6 Å². The summed E-state index contributed by atoms with van der Waals surface area (Å²) in [5, 5.41) is 12.3. The second-order valence-electron chi connectivity index (χ2n) is 6.67. The number of anilines is 1. The molecule has 1 heterocycles. The molecule has 0 radical (unpaired) electrons. The second-order valence-corrected chi connectivity index (χ2v) is 6.67. The number of nitriles is 1. The van der Waals surface area contributed by atoms with Gasteiger partial charge in [-0.05, 0) is 60.9 Å². The maximum absolute atomic E-state index is 12.6. The Kier molecular flexibility index (Phi) is 6.53. The highest BCUT2D eigenvalue weighted by atomic mass is 16.6. The number of nitrogens with one attached hydrogen (secondary N) is 1. The number of methoxy groups -OCH3 is 1. The van der Waals surface area contributed by atoms with Crippen molar-refractivity contribution in [1.82, 2.24) is 0 Å². The molecule has 0 aliphatic carbocycles. The highest BCUT2D eigenvalue weighted by Gasteiger charge is 2.16. The number of hydrogen-bond donors (Lipinski definition) is 1. The van der Waals surface area contributed by atoms with E-state index >= 15 is 0 Å². The van der Waals surface area contributed by atoms with Crippen molar-refractivity contribution in [2.75, 3.05) is 12.4 Å². The van der Waals surface area contributed by atoms with E-state index in [1.54, 1.807) is 18.2 Å². The molecular weight excluding hydrogens is 396 g/mol. The van der Waals surface area contributed by atoms with E-state index < -0.39 is 11.9 Å². The Hall–Kier alpha value is -4.31. The number of amides is 1. The topological polar surface area (TPSA) is 102 Å². The third-order valence-electron chi connectivity index (χ3n) is 4.51. The van der Waals surface area contributed by atoms with Crippen LogP contribution in [-0.4, -0.2) is 19.0 Å². The van der Waals surface area contributed by atoms with E-state index in [-0.39, 0.29) is 22.8 Å². The number of aryl methyl sites for hydroxylation is 2. The van der Waals surface area contributed by atoms with Crippen LogP contribution in [0.2, 0.25) is 0 Å². The van der Waals surface area contributed by atoms with Gasteiger partial charge in [0.1, 0.15) is 11.6 Å². The molecule has 3 aromatic rings. The Labute approximate surface area is 179 Å². The molecule has 1 N–H and O–H groups in total. The molecule has 2 aromatic carbocycles. The summed E-state index contributed by atoms with van der Waals surface area (Å²) in [6, 6.07) is 15.3. The zero-order valence-electron chi connectivity index (χ0n) is 17.3. The van der Waals surface area contributed by atoms with Crippen LogP contribution >= 0.6 is 0 Å². The normalized spacial score (nSPS) is 10.8. The van der Waals surface area contributed by atoms with Crippen LogP contribution in [0.5, 0.6) is 11.5 Å². The summed E-state index contributed by atoms with van der Waals surface area (Å²) in [4.78, 5) is 24.7. The molecule has 7 nitrogen and oxygen atoms in total. The zero-order chi connectivity index (χ0) is 22.4. The number of nitrogens with zero attached hydrogens (tertiary/aromatic N) is 1. The second kappa shape index (κ2) is 9.46. The van der Waals surface area contributed by atoms with E-state index in [2.05, 4.69) is 5.32 Å². The van der Waals surface area contributed by atoms with Gasteiger partial charge >= 0.3 is 5.97 Å². The number of ether oxygens (including phenoxy) is 2. The average Bonchev–Trinajstić information content (AvgIpc) is 3.30. The number of carbonyl (C=O) groups excluding carboxylic acids is 2. The summed E-state index contributed by atoms with van der Waals surface area (Å²) in [6.45, 7) is 3.76. The SMILES string of the molecule is COc1cc(/C=C(\C#N)C(=O)Nc2c(C)cccc2C)ccc1OC(=O)c1ccco1. The molecule has 156 valence electrons. The molecule has 31 heavy (non-hydrogen) atoms. The van der Waals surface area contributed by atoms with E-state index in [9.17, 15) is 14.9 Å². The molecule has 0 aliphatic rings. The van der Waals surface area contributed by atoms with Gasteiger partial charge in [-0.1, -0.05) is 24.3 Å². The van der Waals surface area contributed by atoms with E-state index in [1.165, 1.54) is 31.6 Å². The van der Waals surface area contributed by atoms with E-state index in [1.807, 2.05) is 38.1 Å². The molecule has 0 fully saturated rings. The molecular formula is C24H20N2O5. The lowest BCUT2D eigenvalue weighted by atomic mass is 10.1. The first-order chi connectivity index (χ1) is 14.9. The molecule has 0 saturated heterocycles. The lowest BCUT2D eigenvalue weighted by Crippen LogP contribution is -2.15. The summed E-state index contributed by atoms with van der Waals surface area (Å²) < 4.78 is 15.6. The first-order valence-corrected chi connectivity index (χ1v) is 9.36. The molecule has 0 unspecified atom stereocenters. The van der Waals surface area contributed by atoms with E-state index in [0.717, 1.165) is 11.1 Å². The largest absolute Gasteiger partial charge is 0.493 e. The smallest absolute Gasteiger partial charge is 0.379 e. The van der Waals surface area contributed by atoms with Crippen molar-refractivity contribution in [2.24, 2.45) is 0 Å². The maximum Gasteiger partial charge on any atom is 0.379 e. The minimum absolute atomic E-state index is 0.0564. The first kappa shape index (κ1) is 21.4. The number of carbonyl (C=O) groups is 2. The van der Waals surface area contributed by atoms with Crippen molar-refractivity contribution in [3.05, 3.63) is 82.8 Å². The lowest BCUT2D eigenvalue weighted by molar-refractivity contribution is -0.112. The van der Waals surface area contributed by atoms with Gasteiger partial charge in [0.15, 0.2) is 11.5 Å². The van der Waals surface area contributed by atoms with Crippen LogP contribution in [0.1, 0.15) is 27.2 Å². The number of para-hydroxylation sites is 1. The molecule has 0 spiro atoms. The van der Waals surface area contributed by atoms with Gasteiger partial charge in [0, 0.05) is 5.69 Å². The van der Waals surface area contributed by atoms with Crippen LogP contribution in [-0.2, 0) is 4.79 Å². The third kappa shape index (κ3) is 5.00. The standard InChI is InChI=1S/C24H20N2O5/c1-15-6-4-7-16(2)22(15)26-23(27)18(14-25)12-17-9-10-19(21(13-17)29-3)31-24(28)20-8-5-11-30-20/h4-13H,1-3H3,(H,26,27)/b18-12+. The van der Waals surface area contributed by atoms with E-state index in [4.69, 9.17) is 13.9 Å². The van der Waals surface area contributed by atoms with Gasteiger partial charge in [0.25, 0.3) is 5.91 Å². The van der Waals surface area contributed by atoms with Crippen molar-refractivity contribution in [1.29, 1.82) is 5.26 Å². The van der Waals surface area contributed by atoms with Gasteiger partial charge in [-0.2, -0.15) is 5.26 Å². The predicted octanol–water partition coefficient (Wildman–Crippen LogP) is 4.67. The van der Waals surface area contributed by atoms with Crippen molar-refractivity contribution in [2.45, 2.75) is 13.8 Å². The Morgan fingerprint density at radius 3 is 2.42 bits per heavy atom. The highest BCUT2D eigenvalue weighted by Crippen LogP contribution is 2.30. The summed E-state index contributed by atoms with van der Waals surface area (Å²) in [5.74, 6) is -0.689. The van der Waals surface area contributed by atoms with Crippen molar-refractivity contribution in [3.8, 4) is 17.6 Å². The summed E-state index contributed by atoms with van der Waals surface area (Å²) in [7, 11) is 1.42. The van der Waals surface area contributed by atoms with Gasteiger partial charge in [-0.25, -0.2) is 4.79 Å². The monoisotopic (exact) mass is 416 g/mol. The molecule has 7 heteroatoms. The van der Waals surface area contributed by atoms with Gasteiger partial charge in [0.05, 0.1) is 13.4 Å². The lowest BCUT2D eigenvalue weighted by Gasteiger charge is -2.11. The summed E-state index contributed by atoms with van der Waals surface area (Å²) in [5.41, 5.74) is 2.92. The van der Waals surface area contributed by atoms with Gasteiger partial charge < -0.3 is 19.2 Å². The molecule has 0 bridgehead atoms. The van der Waals surface area contributed by atoms with Crippen LogP contribution in [0.3, 0.4) is 0 Å². The summed E-state index contributed by atoms with van der Waals surface area (Å²) in [6.07, 6.45) is 2.80. The molecule has 0 saturated carbocycles. The Morgan fingerprint density at radius 2 is 1.81 bits per heavy atom. The van der Waals surface area contributed by atoms with Gasteiger partial charge in [0.2, 0.25) is 5.76 Å². The quantitative estimate of drug-likeness (QED) is 0.271. The molecule has 0 aliphatic heterocycles. The fourth-order valence-electron chi connectivity index (χ4n) is 2.91. The van der Waals surface area contributed by atoms with Crippen molar-refractivity contribution < 1.29 is 23.5 Å². The number of benzene rings is 2.